The first kappa shape index (κ1) is 15.0. The second kappa shape index (κ2) is 7.43. The van der Waals surface area contributed by atoms with Gasteiger partial charge < -0.3 is 10.1 Å². The van der Waals surface area contributed by atoms with E-state index in [2.05, 4.69) is 5.32 Å². The number of esters is 1. The lowest BCUT2D eigenvalue weighted by molar-refractivity contribution is -0.129. The Morgan fingerprint density at radius 2 is 2.15 bits per heavy atom. The smallest absolute Gasteiger partial charge is 0.339 e. The molecule has 0 aliphatic heterocycles. The molecule has 0 spiro atoms. The molecule has 1 aliphatic rings. The Morgan fingerprint density at radius 3 is 2.80 bits per heavy atom. The van der Waals surface area contributed by atoms with E-state index in [1.165, 1.54) is 43.4 Å². The van der Waals surface area contributed by atoms with Crippen LogP contribution in [0.1, 0.15) is 49.4 Å². The van der Waals surface area contributed by atoms with Crippen molar-refractivity contribution < 1.29 is 14.3 Å². The second-order valence-corrected chi connectivity index (χ2v) is 6.09. The molecule has 2 rings (SSSR count). The minimum Gasteiger partial charge on any atom is -0.449 e. The van der Waals surface area contributed by atoms with Gasteiger partial charge in [-0.2, -0.15) is 11.3 Å². The molecule has 0 aromatic carbocycles. The molecule has 20 heavy (non-hydrogen) atoms. The fraction of sp³-hybridized carbons (Fsp3) is 0.600. The van der Waals surface area contributed by atoms with Gasteiger partial charge in [0.25, 0.3) is 5.91 Å². The number of carbonyl (C=O) groups is 2. The van der Waals surface area contributed by atoms with E-state index < -0.39 is 12.1 Å². The van der Waals surface area contributed by atoms with Crippen molar-refractivity contribution in [2.45, 2.75) is 45.1 Å². The Bertz CT molecular complexity index is 438. The van der Waals surface area contributed by atoms with E-state index in [0.29, 0.717) is 18.0 Å². The Labute approximate surface area is 123 Å². The van der Waals surface area contributed by atoms with Crippen molar-refractivity contribution in [1.29, 1.82) is 0 Å². The van der Waals surface area contributed by atoms with E-state index >= 15 is 0 Å². The number of hydrogen-bond acceptors (Lipinski definition) is 4. The van der Waals surface area contributed by atoms with Gasteiger partial charge in [0.2, 0.25) is 0 Å². The van der Waals surface area contributed by atoms with Crippen LogP contribution in [0.4, 0.5) is 0 Å². The molecule has 1 N–H and O–H groups in total. The summed E-state index contributed by atoms with van der Waals surface area (Å²) in [6, 6.07) is 1.69. The van der Waals surface area contributed by atoms with Gasteiger partial charge in [0.05, 0.1) is 5.56 Å². The minimum atomic E-state index is -0.744. The Hall–Kier alpha value is -1.36. The molecule has 1 aliphatic carbocycles. The van der Waals surface area contributed by atoms with Crippen molar-refractivity contribution in [3.05, 3.63) is 22.4 Å². The lowest BCUT2D eigenvalue weighted by atomic mass is 9.89. The molecule has 1 aromatic rings. The molecule has 1 heterocycles. The zero-order valence-electron chi connectivity index (χ0n) is 11.8. The van der Waals surface area contributed by atoms with Crippen molar-refractivity contribution in [3.63, 3.8) is 0 Å². The number of amides is 1. The summed E-state index contributed by atoms with van der Waals surface area (Å²) in [5.74, 6) is -0.0711. The van der Waals surface area contributed by atoms with Gasteiger partial charge in [-0.25, -0.2) is 4.79 Å². The van der Waals surface area contributed by atoms with Gasteiger partial charge in [0, 0.05) is 11.9 Å². The van der Waals surface area contributed by atoms with E-state index in [1.807, 2.05) is 5.38 Å². The SMILES string of the molecule is CC(OC(=O)c1ccsc1)C(=O)NCC1CCCCC1. The highest BCUT2D eigenvalue weighted by atomic mass is 32.1. The van der Waals surface area contributed by atoms with Gasteiger partial charge in [-0.3, -0.25) is 4.79 Å². The molecule has 1 fully saturated rings. The van der Waals surface area contributed by atoms with Gasteiger partial charge in [-0.15, -0.1) is 0 Å². The first-order valence-corrected chi connectivity index (χ1v) is 8.12. The molecule has 5 heteroatoms. The number of nitrogens with one attached hydrogen (secondary N) is 1. The first-order valence-electron chi connectivity index (χ1n) is 7.17. The van der Waals surface area contributed by atoms with Crippen molar-refractivity contribution in [3.8, 4) is 0 Å². The highest BCUT2D eigenvalue weighted by Gasteiger charge is 2.20. The monoisotopic (exact) mass is 295 g/mol. The number of ether oxygens (including phenoxy) is 1. The lowest BCUT2D eigenvalue weighted by Crippen LogP contribution is -2.38. The van der Waals surface area contributed by atoms with Crippen LogP contribution in [-0.4, -0.2) is 24.5 Å². The maximum absolute atomic E-state index is 11.9. The van der Waals surface area contributed by atoms with E-state index in [4.69, 9.17) is 4.74 Å². The third kappa shape index (κ3) is 4.34. The summed E-state index contributed by atoms with van der Waals surface area (Å²) < 4.78 is 5.15. The summed E-state index contributed by atoms with van der Waals surface area (Å²) in [6.45, 7) is 2.31. The summed E-state index contributed by atoms with van der Waals surface area (Å²) in [7, 11) is 0. The molecule has 110 valence electrons. The minimum absolute atomic E-state index is 0.209. The van der Waals surface area contributed by atoms with Crippen molar-refractivity contribution in [2.75, 3.05) is 6.54 Å². The van der Waals surface area contributed by atoms with Crippen molar-refractivity contribution in [1.82, 2.24) is 5.32 Å². The third-order valence-corrected chi connectivity index (χ3v) is 4.38. The van der Waals surface area contributed by atoms with Crippen LogP contribution in [0.2, 0.25) is 0 Å². The van der Waals surface area contributed by atoms with E-state index in [1.54, 1.807) is 18.4 Å². The van der Waals surface area contributed by atoms with Crippen molar-refractivity contribution >= 4 is 23.2 Å². The number of carbonyl (C=O) groups excluding carboxylic acids is 2. The first-order chi connectivity index (χ1) is 9.66. The molecule has 1 amide bonds. The fourth-order valence-corrected chi connectivity index (χ4v) is 3.07. The van der Waals surface area contributed by atoms with Crippen LogP contribution in [0.15, 0.2) is 16.8 Å². The largest absolute Gasteiger partial charge is 0.449 e. The van der Waals surface area contributed by atoms with Crippen LogP contribution in [0.3, 0.4) is 0 Å². The maximum Gasteiger partial charge on any atom is 0.339 e. The highest BCUT2D eigenvalue weighted by Crippen LogP contribution is 2.22. The van der Waals surface area contributed by atoms with Crippen LogP contribution >= 0.6 is 11.3 Å². The summed E-state index contributed by atoms with van der Waals surface area (Å²) >= 11 is 1.43. The fourth-order valence-electron chi connectivity index (χ4n) is 2.44. The van der Waals surface area contributed by atoms with E-state index in [0.717, 1.165) is 0 Å². The number of thiophene rings is 1. The predicted octanol–water partition coefficient (Wildman–Crippen LogP) is 2.99. The van der Waals surface area contributed by atoms with Gasteiger partial charge in [0.1, 0.15) is 0 Å². The van der Waals surface area contributed by atoms with Crippen LogP contribution in [0.5, 0.6) is 0 Å². The molecular weight excluding hydrogens is 274 g/mol. The van der Waals surface area contributed by atoms with Gasteiger partial charge in [0.15, 0.2) is 6.10 Å². The normalized spacial score (nSPS) is 17.4. The highest BCUT2D eigenvalue weighted by molar-refractivity contribution is 7.08. The average molecular weight is 295 g/mol. The van der Waals surface area contributed by atoms with Crippen LogP contribution in [0.25, 0.3) is 0 Å². The maximum atomic E-state index is 11.9. The lowest BCUT2D eigenvalue weighted by Gasteiger charge is -2.22. The standard InChI is InChI=1S/C15H21NO3S/c1-11(19-15(18)13-7-8-20-10-13)14(17)16-9-12-5-3-2-4-6-12/h7-8,10-12H,2-6,9H2,1H3,(H,16,17). The van der Waals surface area contributed by atoms with E-state index in [-0.39, 0.29) is 5.91 Å². The Morgan fingerprint density at radius 1 is 1.40 bits per heavy atom. The molecule has 0 bridgehead atoms. The third-order valence-electron chi connectivity index (χ3n) is 3.70. The molecule has 0 saturated heterocycles. The predicted molar refractivity (Wildman–Crippen MR) is 78.8 cm³/mol. The average Bonchev–Trinajstić information content (AvgIpc) is 3.00. The molecule has 4 nitrogen and oxygen atoms in total. The van der Waals surface area contributed by atoms with Gasteiger partial charge in [-0.05, 0) is 37.1 Å². The summed E-state index contributed by atoms with van der Waals surface area (Å²) in [6.07, 6.45) is 5.43. The van der Waals surface area contributed by atoms with Crippen molar-refractivity contribution in [2.24, 2.45) is 5.92 Å². The molecule has 1 unspecified atom stereocenters. The Balaban J connectivity index is 1.72. The van der Waals surface area contributed by atoms with Crippen LogP contribution in [0, 0.1) is 5.92 Å². The summed E-state index contributed by atoms with van der Waals surface area (Å²) in [5, 5.41) is 6.42. The number of rotatable bonds is 5. The topological polar surface area (TPSA) is 55.4 Å². The Kier molecular flexibility index (Phi) is 5.59. The molecule has 1 aromatic heterocycles. The van der Waals surface area contributed by atoms with Crippen LogP contribution < -0.4 is 5.32 Å². The van der Waals surface area contributed by atoms with E-state index in [9.17, 15) is 9.59 Å². The summed E-state index contributed by atoms with van der Waals surface area (Å²) in [4.78, 5) is 23.6. The van der Waals surface area contributed by atoms with Gasteiger partial charge >= 0.3 is 5.97 Å². The summed E-state index contributed by atoms with van der Waals surface area (Å²) in [5.41, 5.74) is 0.502. The second-order valence-electron chi connectivity index (χ2n) is 5.31. The molecule has 1 atom stereocenters. The quantitative estimate of drug-likeness (QED) is 0.850. The number of hydrogen-bond donors (Lipinski definition) is 1. The molecule has 1 saturated carbocycles. The van der Waals surface area contributed by atoms with Crippen LogP contribution in [-0.2, 0) is 9.53 Å². The molecular formula is C15H21NO3S. The van der Waals surface area contributed by atoms with Gasteiger partial charge in [-0.1, -0.05) is 19.3 Å². The zero-order chi connectivity index (χ0) is 14.4. The molecule has 0 radical (unpaired) electrons. The zero-order valence-corrected chi connectivity index (χ0v) is 12.6.